The van der Waals surface area contributed by atoms with Crippen molar-refractivity contribution in [2.45, 2.75) is 50.1 Å². The number of benzene rings is 1. The van der Waals surface area contributed by atoms with Gasteiger partial charge in [-0.3, -0.25) is 14.2 Å². The summed E-state index contributed by atoms with van der Waals surface area (Å²) in [6, 6.07) is 5.44. The molecule has 2 rings (SSSR count). The minimum absolute atomic E-state index is 0.0772. The summed E-state index contributed by atoms with van der Waals surface area (Å²) in [4.78, 5) is 28.7. The molecule has 7 heteroatoms. The van der Waals surface area contributed by atoms with Crippen molar-refractivity contribution in [3.8, 4) is 0 Å². The molecule has 0 fully saturated rings. The van der Waals surface area contributed by atoms with Crippen molar-refractivity contribution in [3.05, 3.63) is 33.0 Å². The average Bonchev–Trinajstić information content (AvgIpc) is 2.51. The molecule has 0 spiro atoms. The van der Waals surface area contributed by atoms with Gasteiger partial charge in [0.15, 0.2) is 5.16 Å². The number of hydrogen-bond donors (Lipinski definition) is 1. The molecular weight excluding hydrogens is 378 g/mol. The van der Waals surface area contributed by atoms with Crippen molar-refractivity contribution in [2.24, 2.45) is 5.73 Å². The van der Waals surface area contributed by atoms with Gasteiger partial charge in [0, 0.05) is 11.0 Å². The van der Waals surface area contributed by atoms with Crippen LogP contribution in [0.4, 0.5) is 0 Å². The van der Waals surface area contributed by atoms with E-state index in [1.165, 1.54) is 11.8 Å². The van der Waals surface area contributed by atoms with Gasteiger partial charge in [-0.15, -0.1) is 0 Å². The van der Waals surface area contributed by atoms with Crippen molar-refractivity contribution < 1.29 is 4.79 Å². The molecule has 0 bridgehead atoms. The summed E-state index contributed by atoms with van der Waals surface area (Å²) in [7, 11) is 0. The molecule has 124 valence electrons. The molecule has 2 aromatic rings. The Kier molecular flexibility index (Phi) is 6.24. The van der Waals surface area contributed by atoms with Gasteiger partial charge < -0.3 is 5.73 Å². The number of amides is 1. The van der Waals surface area contributed by atoms with Gasteiger partial charge in [0.2, 0.25) is 5.91 Å². The van der Waals surface area contributed by atoms with Crippen LogP contribution >= 0.6 is 27.7 Å². The molecule has 0 aliphatic carbocycles. The highest BCUT2D eigenvalue weighted by Gasteiger charge is 2.17. The van der Waals surface area contributed by atoms with E-state index >= 15 is 0 Å². The second kappa shape index (κ2) is 7.97. The Hall–Kier alpha value is -1.34. The number of fused-ring (bicyclic) bond motifs is 1. The third kappa shape index (κ3) is 4.35. The zero-order valence-corrected chi connectivity index (χ0v) is 15.6. The Morgan fingerprint density at radius 1 is 1.43 bits per heavy atom. The first-order valence-electron chi connectivity index (χ1n) is 7.60. The Morgan fingerprint density at radius 2 is 2.17 bits per heavy atom. The third-order valence-corrected chi connectivity index (χ3v) is 5.15. The van der Waals surface area contributed by atoms with Crippen LogP contribution in [0.3, 0.4) is 0 Å². The number of primary amides is 1. The first-order valence-corrected chi connectivity index (χ1v) is 9.27. The summed E-state index contributed by atoms with van der Waals surface area (Å²) in [5.41, 5.74) is 5.90. The van der Waals surface area contributed by atoms with Crippen LogP contribution in [0.2, 0.25) is 0 Å². The number of carbonyl (C=O) groups excluding carboxylic acids is 1. The number of halogens is 1. The Bertz CT molecular complexity index is 776. The molecule has 0 radical (unpaired) electrons. The quantitative estimate of drug-likeness (QED) is 0.441. The molecule has 1 atom stereocenters. The summed E-state index contributed by atoms with van der Waals surface area (Å²) < 4.78 is 2.50. The van der Waals surface area contributed by atoms with Gasteiger partial charge in [0.25, 0.3) is 5.56 Å². The fraction of sp³-hybridized carbons (Fsp3) is 0.438. The molecule has 0 saturated heterocycles. The summed E-state index contributed by atoms with van der Waals surface area (Å²) in [6.45, 7) is 4.43. The normalized spacial score (nSPS) is 12.5. The summed E-state index contributed by atoms with van der Waals surface area (Å²) in [5, 5.41) is 0.686. The summed E-state index contributed by atoms with van der Waals surface area (Å²) in [6.07, 6.45) is 3.01. The van der Waals surface area contributed by atoms with Crippen LogP contribution in [0.5, 0.6) is 0 Å². The second-order valence-corrected chi connectivity index (χ2v) is 7.61. The monoisotopic (exact) mass is 397 g/mol. The van der Waals surface area contributed by atoms with Gasteiger partial charge in [0.05, 0.1) is 16.2 Å². The molecule has 0 saturated carbocycles. The highest BCUT2D eigenvalue weighted by atomic mass is 79.9. The molecule has 1 heterocycles. The molecule has 1 amide bonds. The van der Waals surface area contributed by atoms with E-state index < -0.39 is 11.2 Å². The van der Waals surface area contributed by atoms with Crippen LogP contribution in [0.15, 0.2) is 32.6 Å². The van der Waals surface area contributed by atoms with E-state index in [1.54, 1.807) is 23.6 Å². The lowest BCUT2D eigenvalue weighted by molar-refractivity contribution is -0.117. The number of thioether (sulfide) groups is 1. The van der Waals surface area contributed by atoms with Gasteiger partial charge in [0.1, 0.15) is 0 Å². The molecule has 0 unspecified atom stereocenters. The number of aromatic nitrogens is 2. The second-order valence-electron chi connectivity index (χ2n) is 5.38. The van der Waals surface area contributed by atoms with Crippen LogP contribution in [0.1, 0.15) is 33.1 Å². The standard InChI is InChI=1S/C16H20BrN3O2S/c1-3-4-5-8-20-15(22)12-9-11(17)6-7-13(12)19-16(20)23-10(2)14(18)21/h6-7,9-10H,3-5,8H2,1-2H3,(H2,18,21)/t10-/m0/s1. The zero-order chi connectivity index (χ0) is 17.0. The fourth-order valence-electron chi connectivity index (χ4n) is 2.20. The average molecular weight is 398 g/mol. The molecule has 2 N–H and O–H groups in total. The van der Waals surface area contributed by atoms with E-state index in [9.17, 15) is 9.59 Å². The molecule has 0 aliphatic heterocycles. The molecular formula is C16H20BrN3O2S. The van der Waals surface area contributed by atoms with Crippen molar-refractivity contribution in [1.29, 1.82) is 0 Å². The highest BCUT2D eigenvalue weighted by molar-refractivity contribution is 9.10. The Balaban J connectivity index is 2.52. The van der Waals surface area contributed by atoms with Gasteiger partial charge in [-0.1, -0.05) is 47.5 Å². The number of unbranched alkanes of at least 4 members (excludes halogenated alkanes) is 2. The SMILES string of the molecule is CCCCCn1c(S[C@@H](C)C(N)=O)nc2ccc(Br)cc2c1=O. The third-order valence-electron chi connectivity index (χ3n) is 3.55. The Morgan fingerprint density at radius 3 is 2.83 bits per heavy atom. The smallest absolute Gasteiger partial charge is 0.262 e. The molecule has 0 aliphatic rings. The number of hydrogen-bond acceptors (Lipinski definition) is 4. The molecule has 1 aromatic heterocycles. The van der Waals surface area contributed by atoms with E-state index in [4.69, 9.17) is 5.73 Å². The van der Waals surface area contributed by atoms with E-state index in [2.05, 4.69) is 27.8 Å². The first-order chi connectivity index (χ1) is 10.9. The number of carbonyl (C=O) groups is 1. The number of nitrogens with two attached hydrogens (primary N) is 1. The molecule has 23 heavy (non-hydrogen) atoms. The first kappa shape index (κ1) is 18.0. The summed E-state index contributed by atoms with van der Waals surface area (Å²) >= 11 is 4.63. The number of nitrogens with zero attached hydrogens (tertiary/aromatic N) is 2. The van der Waals surface area contributed by atoms with E-state index in [-0.39, 0.29) is 5.56 Å². The van der Waals surface area contributed by atoms with E-state index in [1.807, 2.05) is 6.07 Å². The van der Waals surface area contributed by atoms with Crippen molar-refractivity contribution in [3.63, 3.8) is 0 Å². The van der Waals surface area contributed by atoms with Gasteiger partial charge in [-0.25, -0.2) is 4.98 Å². The maximum atomic E-state index is 12.8. The minimum atomic E-state index is -0.438. The molecule has 5 nitrogen and oxygen atoms in total. The molecule has 1 aromatic carbocycles. The van der Waals surface area contributed by atoms with Crippen LogP contribution in [0, 0.1) is 0 Å². The zero-order valence-electron chi connectivity index (χ0n) is 13.2. The predicted molar refractivity (Wildman–Crippen MR) is 97.7 cm³/mol. The van der Waals surface area contributed by atoms with E-state index in [0.717, 1.165) is 23.7 Å². The minimum Gasteiger partial charge on any atom is -0.369 e. The maximum absolute atomic E-state index is 12.8. The van der Waals surface area contributed by atoms with Crippen LogP contribution in [0.25, 0.3) is 10.9 Å². The van der Waals surface area contributed by atoms with Gasteiger partial charge in [-0.2, -0.15) is 0 Å². The van der Waals surface area contributed by atoms with Gasteiger partial charge in [-0.05, 0) is 31.5 Å². The topological polar surface area (TPSA) is 78.0 Å². The van der Waals surface area contributed by atoms with Crippen LogP contribution < -0.4 is 11.3 Å². The Labute approximate surface area is 147 Å². The van der Waals surface area contributed by atoms with Crippen molar-refractivity contribution >= 4 is 44.5 Å². The lowest BCUT2D eigenvalue weighted by atomic mass is 10.2. The number of rotatable bonds is 7. The largest absolute Gasteiger partial charge is 0.369 e. The van der Waals surface area contributed by atoms with Crippen molar-refractivity contribution in [1.82, 2.24) is 9.55 Å². The maximum Gasteiger partial charge on any atom is 0.262 e. The van der Waals surface area contributed by atoms with Crippen LogP contribution in [-0.4, -0.2) is 20.7 Å². The van der Waals surface area contributed by atoms with Crippen LogP contribution in [-0.2, 0) is 11.3 Å². The lowest BCUT2D eigenvalue weighted by Gasteiger charge is -2.15. The summed E-state index contributed by atoms with van der Waals surface area (Å²) in [5.74, 6) is -0.416. The fourth-order valence-corrected chi connectivity index (χ4v) is 3.44. The van der Waals surface area contributed by atoms with Gasteiger partial charge >= 0.3 is 0 Å². The predicted octanol–water partition coefficient (Wildman–Crippen LogP) is 3.32. The van der Waals surface area contributed by atoms with Crippen molar-refractivity contribution in [2.75, 3.05) is 0 Å². The highest BCUT2D eigenvalue weighted by Crippen LogP contribution is 2.24. The lowest BCUT2D eigenvalue weighted by Crippen LogP contribution is -2.27. The van der Waals surface area contributed by atoms with E-state index in [0.29, 0.717) is 22.6 Å².